The zero-order chi connectivity index (χ0) is 16.3. The van der Waals surface area contributed by atoms with E-state index in [0.717, 1.165) is 38.5 Å². The topological polar surface area (TPSA) is 26.3 Å². The number of esters is 1. The summed E-state index contributed by atoms with van der Waals surface area (Å²) in [5.41, 5.74) is 0. The molecule has 0 aromatic heterocycles. The summed E-state index contributed by atoms with van der Waals surface area (Å²) in [6.07, 6.45) is 9.02. The third-order valence-electron chi connectivity index (χ3n) is 6.48. The Morgan fingerprint density at radius 2 is 1.57 bits per heavy atom. The van der Waals surface area contributed by atoms with Gasteiger partial charge in [-0.25, -0.2) is 0 Å². The molecular formula is C19H36BrNO2. The van der Waals surface area contributed by atoms with Gasteiger partial charge >= 0.3 is 5.97 Å². The first kappa shape index (κ1) is 21.0. The molecule has 0 aromatic carbocycles. The van der Waals surface area contributed by atoms with Gasteiger partial charge in [0.15, 0.2) is 0 Å². The van der Waals surface area contributed by atoms with Gasteiger partial charge in [0.05, 0.1) is 31.1 Å². The second-order valence-electron chi connectivity index (χ2n) is 8.01. The molecule has 0 radical (unpaired) electrons. The van der Waals surface area contributed by atoms with Crippen LogP contribution in [0.25, 0.3) is 0 Å². The number of carbonyl (C=O) groups excluding carboxylic acids is 1. The van der Waals surface area contributed by atoms with E-state index in [-0.39, 0.29) is 35.0 Å². The van der Waals surface area contributed by atoms with Crippen molar-refractivity contribution < 1.29 is 31.0 Å². The van der Waals surface area contributed by atoms with Crippen LogP contribution in [-0.4, -0.2) is 41.7 Å². The van der Waals surface area contributed by atoms with Crippen molar-refractivity contribution in [2.75, 3.05) is 7.05 Å². The zero-order valence-electron chi connectivity index (χ0n) is 15.7. The average molecular weight is 390 g/mol. The summed E-state index contributed by atoms with van der Waals surface area (Å²) in [6, 6.07) is 2.04. The van der Waals surface area contributed by atoms with E-state index in [0.29, 0.717) is 18.1 Å². The molecule has 2 rings (SSSR count). The van der Waals surface area contributed by atoms with E-state index >= 15 is 0 Å². The SMILES string of the molecule is CCCC(CCC)C(=O)O[C@H]1C[C@H]2CC[C@@H](C1)[N+]2(C)C(C)C.[Br-]. The summed E-state index contributed by atoms with van der Waals surface area (Å²) in [6.45, 7) is 9.00. The summed E-state index contributed by atoms with van der Waals surface area (Å²) < 4.78 is 7.16. The number of nitrogens with zero attached hydrogens (tertiary/aromatic N) is 1. The van der Waals surface area contributed by atoms with Crippen molar-refractivity contribution in [1.82, 2.24) is 0 Å². The maximum Gasteiger partial charge on any atom is 0.309 e. The summed E-state index contributed by atoms with van der Waals surface area (Å²) >= 11 is 0. The first-order valence-corrected chi connectivity index (χ1v) is 9.49. The monoisotopic (exact) mass is 389 g/mol. The highest BCUT2D eigenvalue weighted by molar-refractivity contribution is 5.72. The average Bonchev–Trinajstić information content (AvgIpc) is 2.65. The minimum Gasteiger partial charge on any atom is -1.00 e. The van der Waals surface area contributed by atoms with Crippen LogP contribution in [0.2, 0.25) is 0 Å². The summed E-state index contributed by atoms with van der Waals surface area (Å²) in [7, 11) is 2.42. The second kappa shape index (κ2) is 8.84. The number of hydrogen-bond acceptors (Lipinski definition) is 2. The molecule has 0 spiro atoms. The quantitative estimate of drug-likeness (QED) is 0.484. The van der Waals surface area contributed by atoms with Gasteiger partial charge in [-0.15, -0.1) is 0 Å². The van der Waals surface area contributed by atoms with E-state index in [1.165, 1.54) is 17.3 Å². The number of rotatable bonds is 7. The van der Waals surface area contributed by atoms with Crippen LogP contribution in [0.5, 0.6) is 0 Å². The third kappa shape index (κ3) is 4.31. The standard InChI is InChI=1S/C19H36NO2.BrH/c1-6-8-15(9-7-2)19(21)22-18-12-16-10-11-17(13-18)20(16,5)14(3)4;/h14-18H,6-13H2,1-5H3;1H/q+1;/p-1/t16-,17+,18+,20?;. The van der Waals surface area contributed by atoms with Crippen molar-refractivity contribution in [3.8, 4) is 0 Å². The van der Waals surface area contributed by atoms with Gasteiger partial charge in [-0.3, -0.25) is 4.79 Å². The minimum atomic E-state index is 0. The first-order chi connectivity index (χ1) is 10.4. The Balaban J connectivity index is 0.00000264. The predicted molar refractivity (Wildman–Crippen MR) is 90.6 cm³/mol. The Hall–Kier alpha value is -0.0900. The van der Waals surface area contributed by atoms with Crippen molar-refractivity contribution in [2.24, 2.45) is 5.92 Å². The Bertz CT molecular complexity index is 366. The van der Waals surface area contributed by atoms with Crippen LogP contribution >= 0.6 is 0 Å². The van der Waals surface area contributed by atoms with Crippen LogP contribution in [0, 0.1) is 5.92 Å². The van der Waals surface area contributed by atoms with Gasteiger partial charge in [0, 0.05) is 25.7 Å². The van der Waals surface area contributed by atoms with E-state index in [2.05, 4.69) is 34.7 Å². The van der Waals surface area contributed by atoms with E-state index in [1.54, 1.807) is 0 Å². The number of piperidine rings is 1. The van der Waals surface area contributed by atoms with E-state index < -0.39 is 0 Å². The largest absolute Gasteiger partial charge is 1.00 e. The fraction of sp³-hybridized carbons (Fsp3) is 0.947. The molecule has 0 saturated carbocycles. The van der Waals surface area contributed by atoms with Crippen LogP contribution in [0.4, 0.5) is 0 Å². The molecule has 0 N–H and O–H groups in total. The highest BCUT2D eigenvalue weighted by Crippen LogP contribution is 2.44. The van der Waals surface area contributed by atoms with Gasteiger partial charge in [0.25, 0.3) is 0 Å². The molecule has 1 unspecified atom stereocenters. The van der Waals surface area contributed by atoms with Crippen LogP contribution in [0.15, 0.2) is 0 Å². The molecule has 136 valence electrons. The van der Waals surface area contributed by atoms with Gasteiger partial charge in [-0.1, -0.05) is 26.7 Å². The number of fused-ring (bicyclic) bond motifs is 2. The molecule has 0 aromatic rings. The second-order valence-corrected chi connectivity index (χ2v) is 8.01. The number of ether oxygens (including phenoxy) is 1. The van der Waals surface area contributed by atoms with Gasteiger partial charge in [-0.2, -0.15) is 0 Å². The van der Waals surface area contributed by atoms with Gasteiger partial charge in [0.1, 0.15) is 6.10 Å². The fourth-order valence-corrected chi connectivity index (χ4v) is 4.91. The van der Waals surface area contributed by atoms with Crippen molar-refractivity contribution in [2.45, 2.75) is 103 Å². The molecule has 2 saturated heterocycles. The van der Waals surface area contributed by atoms with Gasteiger partial charge < -0.3 is 26.2 Å². The Morgan fingerprint density at radius 1 is 1.09 bits per heavy atom. The fourth-order valence-electron chi connectivity index (χ4n) is 4.91. The predicted octanol–water partition coefficient (Wildman–Crippen LogP) is 1.30. The minimum absolute atomic E-state index is 0. The van der Waals surface area contributed by atoms with Gasteiger partial charge in [-0.05, 0) is 26.7 Å². The van der Waals surface area contributed by atoms with Crippen LogP contribution in [0.3, 0.4) is 0 Å². The maximum atomic E-state index is 12.5. The lowest BCUT2D eigenvalue weighted by atomic mass is 9.94. The van der Waals surface area contributed by atoms with Crippen LogP contribution in [-0.2, 0) is 9.53 Å². The lowest BCUT2D eigenvalue weighted by molar-refractivity contribution is -0.968. The Morgan fingerprint density at radius 3 is 1.96 bits per heavy atom. The smallest absolute Gasteiger partial charge is 0.309 e. The molecule has 0 aliphatic carbocycles. The zero-order valence-corrected chi connectivity index (χ0v) is 17.3. The third-order valence-corrected chi connectivity index (χ3v) is 6.48. The maximum absolute atomic E-state index is 12.5. The molecule has 0 amide bonds. The summed E-state index contributed by atoms with van der Waals surface area (Å²) in [5.74, 6) is 0.203. The molecule has 2 fully saturated rings. The number of carbonyl (C=O) groups is 1. The summed E-state index contributed by atoms with van der Waals surface area (Å²) in [4.78, 5) is 12.5. The lowest BCUT2D eigenvalue weighted by Gasteiger charge is -2.49. The van der Waals surface area contributed by atoms with Crippen molar-refractivity contribution in [3.05, 3.63) is 0 Å². The number of quaternary nitrogens is 1. The summed E-state index contributed by atoms with van der Waals surface area (Å²) in [5, 5.41) is 0. The van der Waals surface area contributed by atoms with E-state index in [9.17, 15) is 4.79 Å². The van der Waals surface area contributed by atoms with Crippen LogP contribution in [0.1, 0.15) is 79.1 Å². The van der Waals surface area contributed by atoms with Crippen LogP contribution < -0.4 is 17.0 Å². The molecule has 2 bridgehead atoms. The molecule has 4 atom stereocenters. The molecule has 3 nitrogen and oxygen atoms in total. The number of hydrogen-bond donors (Lipinski definition) is 0. The van der Waals surface area contributed by atoms with Gasteiger partial charge in [0.2, 0.25) is 0 Å². The normalized spacial score (nSPS) is 32.9. The highest BCUT2D eigenvalue weighted by Gasteiger charge is 2.53. The lowest BCUT2D eigenvalue weighted by Crippen LogP contribution is -3.00. The molecule has 2 aliphatic heterocycles. The van der Waals surface area contributed by atoms with E-state index in [1.807, 2.05) is 0 Å². The molecule has 2 aliphatic rings. The highest BCUT2D eigenvalue weighted by atomic mass is 79.9. The molecule has 2 heterocycles. The van der Waals surface area contributed by atoms with E-state index in [4.69, 9.17) is 4.74 Å². The first-order valence-electron chi connectivity index (χ1n) is 9.49. The van der Waals surface area contributed by atoms with Crippen molar-refractivity contribution in [3.63, 3.8) is 0 Å². The van der Waals surface area contributed by atoms with Crippen molar-refractivity contribution in [1.29, 1.82) is 0 Å². The Kier molecular flexibility index (Phi) is 8.06. The van der Waals surface area contributed by atoms with Crippen molar-refractivity contribution >= 4 is 5.97 Å². The molecule has 23 heavy (non-hydrogen) atoms. The number of halogens is 1. The molecule has 4 heteroatoms. The molecular weight excluding hydrogens is 354 g/mol. The Labute approximate surface area is 153 Å².